The van der Waals surface area contributed by atoms with Gasteiger partial charge in [0.15, 0.2) is 0 Å². The predicted octanol–water partition coefficient (Wildman–Crippen LogP) is 4.71. The van der Waals surface area contributed by atoms with Crippen molar-refractivity contribution < 1.29 is 19.7 Å². The number of carbonyl (C=O) groups excluding carboxylic acids is 1. The summed E-state index contributed by atoms with van der Waals surface area (Å²) in [7, 11) is 0. The first-order chi connectivity index (χ1) is 13.8. The van der Waals surface area contributed by atoms with E-state index in [1.807, 2.05) is 26.0 Å². The van der Waals surface area contributed by atoms with Gasteiger partial charge in [-0.3, -0.25) is 4.79 Å². The number of hydrogen-bond acceptors (Lipinski definition) is 4. The minimum Gasteiger partial charge on any atom is -0.458 e. The van der Waals surface area contributed by atoms with Crippen molar-refractivity contribution in [1.29, 1.82) is 0 Å². The van der Waals surface area contributed by atoms with Gasteiger partial charge in [0, 0.05) is 24.4 Å². The number of aryl methyl sites for hydroxylation is 1. The van der Waals surface area contributed by atoms with Crippen LogP contribution in [0.1, 0.15) is 77.3 Å². The second-order valence-corrected chi connectivity index (χ2v) is 8.96. The van der Waals surface area contributed by atoms with Crippen molar-refractivity contribution in [2.24, 2.45) is 5.92 Å². The number of rotatable bonds is 4. The van der Waals surface area contributed by atoms with Crippen LogP contribution in [0.3, 0.4) is 0 Å². The summed E-state index contributed by atoms with van der Waals surface area (Å²) in [5.41, 5.74) is 2.99. The molecule has 1 heterocycles. The second-order valence-electron chi connectivity index (χ2n) is 8.96. The molecule has 0 aliphatic carbocycles. The van der Waals surface area contributed by atoms with Crippen molar-refractivity contribution in [3.8, 4) is 0 Å². The van der Waals surface area contributed by atoms with E-state index in [4.69, 9.17) is 4.74 Å². The number of cyclic esters (lactones) is 1. The highest BCUT2D eigenvalue weighted by molar-refractivity contribution is 5.69. The summed E-state index contributed by atoms with van der Waals surface area (Å²) in [6, 6.07) is 8.37. The van der Waals surface area contributed by atoms with E-state index in [9.17, 15) is 15.0 Å². The summed E-state index contributed by atoms with van der Waals surface area (Å²) in [6.07, 6.45) is 6.18. The van der Waals surface area contributed by atoms with Gasteiger partial charge < -0.3 is 14.9 Å². The van der Waals surface area contributed by atoms with E-state index in [-0.39, 0.29) is 30.0 Å². The Balaban J connectivity index is 2.22. The number of benzene rings is 1. The molecule has 0 saturated heterocycles. The van der Waals surface area contributed by atoms with Gasteiger partial charge in [-0.05, 0) is 62.1 Å². The summed E-state index contributed by atoms with van der Waals surface area (Å²) in [5, 5.41) is 20.4. The fourth-order valence-electron chi connectivity index (χ4n) is 3.99. The first-order valence-corrected chi connectivity index (χ1v) is 11.0. The molecule has 2 rings (SSSR count). The summed E-state index contributed by atoms with van der Waals surface area (Å²) in [6.45, 7) is 8.30. The molecule has 0 spiro atoms. The Morgan fingerprint density at radius 2 is 2.03 bits per heavy atom. The maximum absolute atomic E-state index is 12.4. The summed E-state index contributed by atoms with van der Waals surface area (Å²) in [4.78, 5) is 12.4. The van der Waals surface area contributed by atoms with Gasteiger partial charge in [-0.2, -0.15) is 0 Å². The number of aliphatic hydroxyl groups is 2. The van der Waals surface area contributed by atoms with Crippen LogP contribution >= 0.6 is 0 Å². The van der Waals surface area contributed by atoms with E-state index in [2.05, 4.69) is 32.0 Å². The van der Waals surface area contributed by atoms with E-state index in [1.165, 1.54) is 5.56 Å². The maximum Gasteiger partial charge on any atom is 0.306 e. The Morgan fingerprint density at radius 1 is 1.28 bits per heavy atom. The van der Waals surface area contributed by atoms with Crippen LogP contribution in [0.25, 0.3) is 0 Å². The molecule has 0 aromatic heterocycles. The number of carbonyl (C=O) groups is 1. The van der Waals surface area contributed by atoms with Gasteiger partial charge in [-0.15, -0.1) is 0 Å². The lowest BCUT2D eigenvalue weighted by molar-refractivity contribution is -0.147. The largest absolute Gasteiger partial charge is 0.458 e. The number of esters is 1. The lowest BCUT2D eigenvalue weighted by Gasteiger charge is -2.32. The SMILES string of the molecule is CCC(/C=C(/C)[C@@H]1CCCC(O)C(C)(C)c2cccc(c2)CCCC(=O)O1)CO. The molecule has 1 aromatic rings. The molecule has 2 N–H and O–H groups in total. The molecule has 0 radical (unpaired) electrons. The van der Waals surface area contributed by atoms with Crippen LogP contribution < -0.4 is 0 Å². The Hall–Kier alpha value is -1.65. The number of fused-ring (bicyclic) bond motifs is 2. The lowest BCUT2D eigenvalue weighted by Crippen LogP contribution is -2.34. The fraction of sp³-hybridized carbons (Fsp3) is 0.640. The smallest absolute Gasteiger partial charge is 0.306 e. The van der Waals surface area contributed by atoms with Gasteiger partial charge in [-0.1, -0.05) is 51.1 Å². The molecule has 2 unspecified atom stereocenters. The lowest BCUT2D eigenvalue weighted by atomic mass is 9.76. The Morgan fingerprint density at radius 3 is 2.72 bits per heavy atom. The predicted molar refractivity (Wildman–Crippen MR) is 117 cm³/mol. The zero-order chi connectivity index (χ0) is 21.4. The third-order valence-electron chi connectivity index (χ3n) is 6.33. The average Bonchev–Trinajstić information content (AvgIpc) is 2.70. The molecule has 0 saturated carbocycles. The third kappa shape index (κ3) is 6.68. The monoisotopic (exact) mass is 402 g/mol. The maximum atomic E-state index is 12.4. The van der Waals surface area contributed by atoms with Gasteiger partial charge >= 0.3 is 5.97 Å². The highest BCUT2D eigenvalue weighted by Gasteiger charge is 2.30. The zero-order valence-electron chi connectivity index (χ0n) is 18.5. The van der Waals surface area contributed by atoms with Crippen LogP contribution in [0.15, 0.2) is 35.9 Å². The molecule has 3 atom stereocenters. The van der Waals surface area contributed by atoms with Gasteiger partial charge in [-0.25, -0.2) is 0 Å². The minimum absolute atomic E-state index is 0.0800. The van der Waals surface area contributed by atoms with Crippen LogP contribution in [0, 0.1) is 5.92 Å². The normalized spacial score (nSPS) is 25.0. The third-order valence-corrected chi connectivity index (χ3v) is 6.33. The van der Waals surface area contributed by atoms with Crippen molar-refractivity contribution in [2.45, 2.75) is 90.3 Å². The van der Waals surface area contributed by atoms with Gasteiger partial charge in [0.25, 0.3) is 0 Å². The molecule has 0 fully saturated rings. The first-order valence-electron chi connectivity index (χ1n) is 11.0. The Kier molecular flexibility index (Phi) is 8.91. The molecule has 2 bridgehead atoms. The van der Waals surface area contributed by atoms with E-state index in [0.29, 0.717) is 19.3 Å². The molecule has 1 aromatic carbocycles. The fourth-order valence-corrected chi connectivity index (χ4v) is 3.99. The van der Waals surface area contributed by atoms with Crippen molar-refractivity contribution >= 4 is 5.97 Å². The minimum atomic E-state index is -0.470. The average molecular weight is 403 g/mol. The van der Waals surface area contributed by atoms with Gasteiger partial charge in [0.05, 0.1) is 6.10 Å². The molecule has 1 aliphatic rings. The van der Waals surface area contributed by atoms with E-state index >= 15 is 0 Å². The van der Waals surface area contributed by atoms with Crippen molar-refractivity contribution in [2.75, 3.05) is 6.61 Å². The second kappa shape index (κ2) is 10.9. The number of ether oxygens (including phenoxy) is 1. The molecule has 29 heavy (non-hydrogen) atoms. The van der Waals surface area contributed by atoms with Gasteiger partial charge in [0.2, 0.25) is 0 Å². The summed E-state index contributed by atoms with van der Waals surface area (Å²) in [5.74, 6) is -0.0924. The molecular weight excluding hydrogens is 364 g/mol. The van der Waals surface area contributed by atoms with Gasteiger partial charge in [0.1, 0.15) is 6.10 Å². The van der Waals surface area contributed by atoms with E-state index < -0.39 is 6.10 Å². The van der Waals surface area contributed by atoms with Crippen molar-refractivity contribution in [3.05, 3.63) is 47.0 Å². The molecule has 4 nitrogen and oxygen atoms in total. The Labute approximate surface area is 176 Å². The number of hydrogen-bond donors (Lipinski definition) is 2. The molecule has 4 heteroatoms. The summed E-state index contributed by atoms with van der Waals surface area (Å²) < 4.78 is 5.82. The highest BCUT2D eigenvalue weighted by Crippen LogP contribution is 2.31. The van der Waals surface area contributed by atoms with Crippen LogP contribution in [-0.4, -0.2) is 35.0 Å². The number of aliphatic hydroxyl groups excluding tert-OH is 2. The zero-order valence-corrected chi connectivity index (χ0v) is 18.5. The van der Waals surface area contributed by atoms with E-state index in [1.54, 1.807) is 0 Å². The van der Waals surface area contributed by atoms with Crippen LogP contribution in [0.4, 0.5) is 0 Å². The molecule has 1 aliphatic heterocycles. The molecule has 162 valence electrons. The Bertz CT molecular complexity index is 688. The van der Waals surface area contributed by atoms with Crippen LogP contribution in [0.5, 0.6) is 0 Å². The van der Waals surface area contributed by atoms with Crippen molar-refractivity contribution in [1.82, 2.24) is 0 Å². The van der Waals surface area contributed by atoms with E-state index in [0.717, 1.165) is 36.8 Å². The topological polar surface area (TPSA) is 66.8 Å². The molecular formula is C25H38O4. The van der Waals surface area contributed by atoms with Crippen molar-refractivity contribution in [3.63, 3.8) is 0 Å². The van der Waals surface area contributed by atoms with Crippen LogP contribution in [0.2, 0.25) is 0 Å². The highest BCUT2D eigenvalue weighted by atomic mass is 16.5. The quantitative estimate of drug-likeness (QED) is 0.565. The summed E-state index contributed by atoms with van der Waals surface area (Å²) >= 11 is 0. The molecule has 0 amide bonds. The first kappa shape index (κ1) is 23.6. The standard InChI is InChI=1S/C25H38O4/c1-5-19(17-26)15-18(2)22-12-8-13-23(27)25(3,4)21-11-6-9-20(16-21)10-7-14-24(28)29-22/h6,9,11,15-16,19,22-23,26-27H,5,7-8,10,12-14,17H2,1-4H3/b18-15-/t19?,22-,23?/m0/s1. The van der Waals surface area contributed by atoms with Crippen LogP contribution in [-0.2, 0) is 21.4 Å².